The maximum Gasteiger partial charge on any atom is 0.416 e. The average molecular weight is 536 g/mol. The molecule has 0 bridgehead atoms. The van der Waals surface area contributed by atoms with Gasteiger partial charge in [-0.1, -0.05) is 30.2 Å². The number of carboxylic acid groups (broad SMARTS) is 1. The second-order valence-corrected chi connectivity index (χ2v) is 8.69. The van der Waals surface area contributed by atoms with Crippen LogP contribution in [0.25, 0.3) is 0 Å². The summed E-state index contributed by atoms with van der Waals surface area (Å²) < 4.78 is 39.1. The van der Waals surface area contributed by atoms with Crippen molar-refractivity contribution in [2.24, 2.45) is 0 Å². The normalized spacial score (nSPS) is 11.1. The Bertz CT molecular complexity index is 1280. The molecule has 3 N–H and O–H groups in total. The zero-order valence-corrected chi connectivity index (χ0v) is 21.0. The quantitative estimate of drug-likeness (QED) is 0.314. The Morgan fingerprint density at radius 3 is 2.14 bits per heavy atom. The number of aldehydes is 1. The number of carbonyl (C=O) groups is 2. The van der Waals surface area contributed by atoms with Crippen molar-refractivity contribution in [2.75, 3.05) is 7.05 Å². The lowest BCUT2D eigenvalue weighted by atomic mass is 10.1. The van der Waals surface area contributed by atoms with Gasteiger partial charge in [0.2, 0.25) is 5.28 Å². The van der Waals surface area contributed by atoms with Gasteiger partial charge in [0, 0.05) is 6.54 Å². The van der Waals surface area contributed by atoms with Gasteiger partial charge in [0.1, 0.15) is 17.0 Å². The van der Waals surface area contributed by atoms with Crippen molar-refractivity contribution in [1.82, 2.24) is 14.9 Å². The lowest BCUT2D eigenvalue weighted by Crippen LogP contribution is -2.14. The van der Waals surface area contributed by atoms with E-state index in [4.69, 9.17) is 16.7 Å². The molecule has 0 saturated carbocycles. The van der Waals surface area contributed by atoms with Crippen LogP contribution in [0.4, 0.5) is 13.2 Å². The summed E-state index contributed by atoms with van der Waals surface area (Å²) in [4.78, 5) is 25.8. The summed E-state index contributed by atoms with van der Waals surface area (Å²) in [5.74, 6) is 4.23. The lowest BCUT2D eigenvalue weighted by molar-refractivity contribution is -0.137. The first-order valence-corrected chi connectivity index (χ1v) is 11.2. The molecule has 0 amide bonds. The van der Waals surface area contributed by atoms with Gasteiger partial charge >= 0.3 is 12.1 Å². The van der Waals surface area contributed by atoms with Crippen LogP contribution in [0.15, 0.2) is 48.5 Å². The number of aliphatic hydroxyl groups is 1. The zero-order chi connectivity index (χ0) is 27.8. The van der Waals surface area contributed by atoms with Crippen molar-refractivity contribution in [3.8, 4) is 11.8 Å². The van der Waals surface area contributed by atoms with E-state index in [1.54, 1.807) is 24.3 Å². The molecule has 0 saturated heterocycles. The van der Waals surface area contributed by atoms with Gasteiger partial charge in [0.25, 0.3) is 0 Å². The molecule has 0 aliphatic heterocycles. The first kappa shape index (κ1) is 29.6. The number of carboxylic acids is 1. The van der Waals surface area contributed by atoms with Crippen molar-refractivity contribution in [3.05, 3.63) is 87.5 Å². The van der Waals surface area contributed by atoms with Crippen molar-refractivity contribution in [1.29, 1.82) is 0 Å². The fourth-order valence-corrected chi connectivity index (χ4v) is 3.20. The number of hydrogen-bond donors (Lipinski definition) is 3. The molecule has 37 heavy (non-hydrogen) atoms. The fourth-order valence-electron chi connectivity index (χ4n) is 2.96. The number of carbonyl (C=O) groups excluding carboxylic acids is 1. The van der Waals surface area contributed by atoms with Gasteiger partial charge in [0.05, 0.1) is 17.7 Å². The number of aromatic carboxylic acids is 1. The van der Waals surface area contributed by atoms with Crippen molar-refractivity contribution in [2.45, 2.75) is 38.7 Å². The van der Waals surface area contributed by atoms with Crippen LogP contribution in [0, 0.1) is 11.8 Å². The Hall–Kier alpha value is -3.65. The van der Waals surface area contributed by atoms with Gasteiger partial charge < -0.3 is 20.1 Å². The van der Waals surface area contributed by atoms with Crippen LogP contribution in [0.2, 0.25) is 5.28 Å². The SMILES string of the molecule is CC(C)(O)C#Cc1nc(Cl)n(Cc2ccc(C(F)(F)F)cc2)c1C=O.CNCc1ccc(C(=O)O)cc1. The number of imidazole rings is 1. The van der Waals surface area contributed by atoms with Gasteiger partial charge in [0.15, 0.2) is 6.29 Å². The van der Waals surface area contributed by atoms with E-state index >= 15 is 0 Å². The van der Waals surface area contributed by atoms with E-state index in [2.05, 4.69) is 22.1 Å². The molecule has 1 heterocycles. The third kappa shape index (κ3) is 9.06. The summed E-state index contributed by atoms with van der Waals surface area (Å²) in [5.41, 5.74) is 0.0647. The molecule has 11 heteroatoms. The summed E-state index contributed by atoms with van der Waals surface area (Å²) in [6, 6.07) is 11.3. The highest BCUT2D eigenvalue weighted by Gasteiger charge is 2.30. The fraction of sp³-hybridized carbons (Fsp3) is 0.269. The van der Waals surface area contributed by atoms with Crippen LogP contribution in [-0.4, -0.2) is 44.7 Å². The van der Waals surface area contributed by atoms with Gasteiger partial charge in [-0.3, -0.25) is 4.79 Å². The maximum atomic E-state index is 12.6. The van der Waals surface area contributed by atoms with Crippen molar-refractivity contribution >= 4 is 23.9 Å². The van der Waals surface area contributed by atoms with Crippen LogP contribution < -0.4 is 5.32 Å². The smallest absolute Gasteiger partial charge is 0.416 e. The maximum absolute atomic E-state index is 12.6. The minimum Gasteiger partial charge on any atom is -0.478 e. The molecule has 1 aromatic heterocycles. The van der Waals surface area contributed by atoms with Crippen molar-refractivity contribution < 1.29 is 33.0 Å². The summed E-state index contributed by atoms with van der Waals surface area (Å²) in [6.45, 7) is 3.77. The molecule has 0 unspecified atom stereocenters. The van der Waals surface area contributed by atoms with Crippen LogP contribution in [0.5, 0.6) is 0 Å². The number of nitrogens with one attached hydrogen (secondary N) is 1. The van der Waals surface area contributed by atoms with Gasteiger partial charge in [-0.05, 0) is 73.8 Å². The molecule has 0 aliphatic carbocycles. The highest BCUT2D eigenvalue weighted by Crippen LogP contribution is 2.29. The predicted octanol–water partition coefficient (Wildman–Crippen LogP) is 4.64. The van der Waals surface area contributed by atoms with Crippen LogP contribution in [0.3, 0.4) is 0 Å². The Morgan fingerprint density at radius 2 is 1.68 bits per heavy atom. The predicted molar refractivity (Wildman–Crippen MR) is 133 cm³/mol. The molecule has 2 aromatic carbocycles. The molecule has 0 radical (unpaired) electrons. The van der Waals surface area contributed by atoms with E-state index in [9.17, 15) is 27.9 Å². The second-order valence-electron chi connectivity index (χ2n) is 8.35. The van der Waals surface area contributed by atoms with Crippen LogP contribution in [0.1, 0.15) is 57.1 Å². The molecule has 196 valence electrons. The zero-order valence-electron chi connectivity index (χ0n) is 20.2. The molecule has 7 nitrogen and oxygen atoms in total. The standard InChI is InChI=1S/C17H14ClF3N2O2.C9H11NO2/c1-16(2,25)8-7-13-14(10-24)23(15(18)22-13)9-11-3-5-12(6-4-11)17(19,20)21;1-10-6-7-2-4-8(5-3-7)9(11)12/h3-6,10,25H,9H2,1-2H3;2-5,10H,6H2,1H3,(H,11,12). The highest BCUT2D eigenvalue weighted by molar-refractivity contribution is 6.28. The van der Waals surface area contributed by atoms with Gasteiger partial charge in [-0.25, -0.2) is 9.78 Å². The molecule has 0 fully saturated rings. The first-order chi connectivity index (χ1) is 17.2. The highest BCUT2D eigenvalue weighted by atomic mass is 35.5. The number of alkyl halides is 3. The van der Waals surface area contributed by atoms with Crippen LogP contribution >= 0.6 is 11.6 Å². The summed E-state index contributed by atoms with van der Waals surface area (Å²) in [7, 11) is 1.85. The third-order valence-electron chi connectivity index (χ3n) is 4.76. The van der Waals surface area contributed by atoms with E-state index in [0.29, 0.717) is 17.4 Å². The molecule has 0 aliphatic rings. The van der Waals surface area contributed by atoms with Gasteiger partial charge in [-0.2, -0.15) is 13.2 Å². The monoisotopic (exact) mass is 535 g/mol. The molecular formula is C26H25ClF3N3O4. The van der Waals surface area contributed by atoms with E-state index < -0.39 is 23.3 Å². The molecule has 3 aromatic rings. The second kappa shape index (κ2) is 12.5. The summed E-state index contributed by atoms with van der Waals surface area (Å²) in [6.07, 6.45) is -3.91. The molecule has 0 atom stereocenters. The first-order valence-electron chi connectivity index (χ1n) is 10.8. The number of rotatable bonds is 6. The van der Waals surface area contributed by atoms with Crippen LogP contribution in [-0.2, 0) is 19.3 Å². The summed E-state index contributed by atoms with van der Waals surface area (Å²) >= 11 is 6.02. The van der Waals surface area contributed by atoms with Gasteiger partial charge in [-0.15, -0.1) is 0 Å². The Morgan fingerprint density at radius 1 is 1.11 bits per heavy atom. The van der Waals surface area contributed by atoms with Crippen molar-refractivity contribution in [3.63, 3.8) is 0 Å². The Balaban J connectivity index is 0.000000335. The largest absolute Gasteiger partial charge is 0.478 e. The lowest BCUT2D eigenvalue weighted by Gasteiger charge is -2.09. The number of halogens is 4. The molecular weight excluding hydrogens is 511 g/mol. The average Bonchev–Trinajstić information content (AvgIpc) is 3.12. The third-order valence-corrected chi connectivity index (χ3v) is 5.05. The topological polar surface area (TPSA) is 104 Å². The van der Waals surface area contributed by atoms with E-state index in [0.717, 1.165) is 24.2 Å². The van der Waals surface area contributed by atoms with E-state index in [-0.39, 0.29) is 23.2 Å². The molecule has 0 spiro atoms. The minimum atomic E-state index is -4.42. The summed E-state index contributed by atoms with van der Waals surface area (Å²) in [5, 5.41) is 21.2. The number of aromatic nitrogens is 2. The number of hydrogen-bond acceptors (Lipinski definition) is 5. The van der Waals surface area contributed by atoms with E-state index in [1.807, 2.05) is 7.05 Å². The Kier molecular flexibility index (Phi) is 10.0. The van der Waals surface area contributed by atoms with E-state index in [1.165, 1.54) is 30.5 Å². The Labute approximate surface area is 216 Å². The number of nitrogens with zero attached hydrogens (tertiary/aromatic N) is 2. The number of benzene rings is 2. The minimum absolute atomic E-state index is 0.0259. The molecule has 3 rings (SSSR count).